The molecule has 3 nitrogen and oxygen atoms in total. The molecule has 1 atom stereocenters. The van der Waals surface area contributed by atoms with Gasteiger partial charge in [-0.05, 0) is 58.6 Å². The highest BCUT2D eigenvalue weighted by atomic mass is 35.5. The summed E-state index contributed by atoms with van der Waals surface area (Å²) < 4.78 is 5.44. The lowest BCUT2D eigenvalue weighted by Gasteiger charge is -2.24. The van der Waals surface area contributed by atoms with E-state index in [0.29, 0.717) is 16.1 Å². The number of nitrogens with zero attached hydrogens (tertiary/aromatic N) is 2. The van der Waals surface area contributed by atoms with Crippen molar-refractivity contribution in [3.8, 4) is 5.75 Å². The highest BCUT2D eigenvalue weighted by Gasteiger charge is 2.20. The molecule has 0 aromatic heterocycles. The maximum absolute atomic E-state index is 6.21. The first-order valence-electron chi connectivity index (χ1n) is 7.42. The van der Waals surface area contributed by atoms with Gasteiger partial charge in [0.05, 0.1) is 12.1 Å². The monoisotopic (exact) mass is 330 g/mol. The van der Waals surface area contributed by atoms with Gasteiger partial charge in [0.25, 0.3) is 0 Å². The van der Waals surface area contributed by atoms with Crippen LogP contribution in [0.1, 0.15) is 24.8 Å². The molecular weight excluding hydrogens is 307 g/mol. The van der Waals surface area contributed by atoms with E-state index in [1.54, 1.807) is 13.2 Å². The molecule has 0 bridgehead atoms. The summed E-state index contributed by atoms with van der Waals surface area (Å²) in [6, 6.07) is 4.37. The third-order valence-corrected chi connectivity index (χ3v) is 4.70. The Bertz CT molecular complexity index is 480. The summed E-state index contributed by atoms with van der Waals surface area (Å²) in [5.74, 6) is 0.745. The molecule has 0 N–H and O–H groups in total. The summed E-state index contributed by atoms with van der Waals surface area (Å²) in [5, 5.41) is 1.25. The molecule has 1 aliphatic heterocycles. The Hall–Kier alpha value is -0.480. The summed E-state index contributed by atoms with van der Waals surface area (Å²) in [5.41, 5.74) is 1.07. The van der Waals surface area contributed by atoms with Crippen molar-refractivity contribution in [3.63, 3.8) is 0 Å². The van der Waals surface area contributed by atoms with Crippen molar-refractivity contribution in [1.29, 1.82) is 0 Å². The molecule has 118 valence electrons. The van der Waals surface area contributed by atoms with E-state index < -0.39 is 0 Å². The number of methoxy groups -OCH3 is 1. The molecule has 0 aliphatic carbocycles. The molecule has 1 fully saturated rings. The largest absolute Gasteiger partial charge is 0.495 e. The van der Waals surface area contributed by atoms with Crippen molar-refractivity contribution >= 4 is 23.2 Å². The highest BCUT2D eigenvalue weighted by Crippen LogP contribution is 2.33. The average molecular weight is 331 g/mol. The molecule has 1 aromatic rings. The second-order valence-corrected chi connectivity index (χ2v) is 6.75. The fourth-order valence-electron chi connectivity index (χ4n) is 3.01. The van der Waals surface area contributed by atoms with Crippen LogP contribution in [-0.4, -0.2) is 50.1 Å². The van der Waals surface area contributed by atoms with Gasteiger partial charge >= 0.3 is 0 Å². The van der Waals surface area contributed by atoms with Crippen molar-refractivity contribution in [3.05, 3.63) is 27.7 Å². The summed E-state index contributed by atoms with van der Waals surface area (Å²) in [6.45, 7) is 3.04. The zero-order valence-corrected chi connectivity index (χ0v) is 14.5. The molecule has 0 spiro atoms. The lowest BCUT2D eigenvalue weighted by atomic mass is 10.1. The van der Waals surface area contributed by atoms with Crippen molar-refractivity contribution < 1.29 is 4.74 Å². The summed E-state index contributed by atoms with van der Waals surface area (Å²) in [4.78, 5) is 4.80. The van der Waals surface area contributed by atoms with Crippen LogP contribution in [0.3, 0.4) is 0 Å². The molecule has 1 saturated heterocycles. The Balaban J connectivity index is 2.08. The van der Waals surface area contributed by atoms with E-state index in [0.717, 1.165) is 30.9 Å². The second-order valence-electron chi connectivity index (χ2n) is 5.90. The molecule has 21 heavy (non-hydrogen) atoms. The first kappa shape index (κ1) is 16.9. The van der Waals surface area contributed by atoms with Gasteiger partial charge in [0.1, 0.15) is 5.75 Å². The topological polar surface area (TPSA) is 15.7 Å². The average Bonchev–Trinajstić information content (AvgIpc) is 2.64. The van der Waals surface area contributed by atoms with E-state index in [1.807, 2.05) is 6.07 Å². The minimum absolute atomic E-state index is 0.584. The smallest absolute Gasteiger partial charge is 0.142 e. The summed E-state index contributed by atoms with van der Waals surface area (Å²) >= 11 is 12.3. The standard InChI is InChI=1S/C16H24Cl2N2O/c1-19(2)14-5-4-7-20(8-6-14)11-12-9-13(17)10-15(18)16(12)21-3/h9-10,14H,4-8,11H2,1-3H3/t14-/m0/s1. The van der Waals surface area contributed by atoms with Gasteiger partial charge in [-0.3, -0.25) is 4.90 Å². The van der Waals surface area contributed by atoms with Crippen molar-refractivity contribution in [2.24, 2.45) is 0 Å². The normalized spacial score (nSPS) is 20.6. The van der Waals surface area contributed by atoms with Crippen LogP contribution in [0.4, 0.5) is 0 Å². The van der Waals surface area contributed by atoms with E-state index >= 15 is 0 Å². The molecular formula is C16H24Cl2N2O. The van der Waals surface area contributed by atoms with Crippen LogP contribution in [0.25, 0.3) is 0 Å². The quantitative estimate of drug-likeness (QED) is 0.832. The summed E-state index contributed by atoms with van der Waals surface area (Å²) in [6.07, 6.45) is 3.68. The van der Waals surface area contributed by atoms with Gasteiger partial charge in [0.15, 0.2) is 0 Å². The molecule has 0 unspecified atom stereocenters. The number of benzene rings is 1. The highest BCUT2D eigenvalue weighted by molar-refractivity contribution is 6.35. The minimum Gasteiger partial charge on any atom is -0.495 e. The van der Waals surface area contributed by atoms with Gasteiger partial charge < -0.3 is 9.64 Å². The molecule has 0 saturated carbocycles. The van der Waals surface area contributed by atoms with Gasteiger partial charge in [-0.2, -0.15) is 0 Å². The first-order valence-corrected chi connectivity index (χ1v) is 8.17. The van der Waals surface area contributed by atoms with Crippen LogP contribution in [0.5, 0.6) is 5.75 Å². The van der Waals surface area contributed by atoms with E-state index in [9.17, 15) is 0 Å². The van der Waals surface area contributed by atoms with Crippen molar-refractivity contribution in [1.82, 2.24) is 9.80 Å². The Morgan fingerprint density at radius 3 is 2.67 bits per heavy atom. The molecule has 0 amide bonds. The molecule has 1 heterocycles. The van der Waals surface area contributed by atoms with Crippen molar-refractivity contribution in [2.75, 3.05) is 34.3 Å². The number of likely N-dealkylation sites (tertiary alicyclic amines) is 1. The van der Waals surface area contributed by atoms with Gasteiger partial charge in [0.2, 0.25) is 0 Å². The fraction of sp³-hybridized carbons (Fsp3) is 0.625. The van der Waals surface area contributed by atoms with Gasteiger partial charge in [-0.1, -0.05) is 23.2 Å². The lowest BCUT2D eigenvalue weighted by molar-refractivity contribution is 0.243. The van der Waals surface area contributed by atoms with Crippen LogP contribution < -0.4 is 4.74 Å². The lowest BCUT2D eigenvalue weighted by Crippen LogP contribution is -2.30. The zero-order valence-electron chi connectivity index (χ0n) is 13.0. The first-order chi connectivity index (χ1) is 10.0. The van der Waals surface area contributed by atoms with Crippen LogP contribution in [0, 0.1) is 0 Å². The molecule has 5 heteroatoms. The van der Waals surface area contributed by atoms with Gasteiger partial charge in [0, 0.05) is 23.2 Å². The third-order valence-electron chi connectivity index (χ3n) is 4.20. The van der Waals surface area contributed by atoms with E-state index in [1.165, 1.54) is 19.3 Å². The van der Waals surface area contributed by atoms with Gasteiger partial charge in [-0.25, -0.2) is 0 Å². The van der Waals surface area contributed by atoms with Crippen LogP contribution in [-0.2, 0) is 6.54 Å². The van der Waals surface area contributed by atoms with E-state index in [4.69, 9.17) is 27.9 Å². The maximum atomic E-state index is 6.21. The van der Waals surface area contributed by atoms with Crippen LogP contribution >= 0.6 is 23.2 Å². The summed E-state index contributed by atoms with van der Waals surface area (Å²) in [7, 11) is 5.99. The number of hydrogen-bond donors (Lipinski definition) is 0. The third kappa shape index (κ3) is 4.49. The predicted octanol–water partition coefficient (Wildman–Crippen LogP) is 3.92. The van der Waals surface area contributed by atoms with Crippen molar-refractivity contribution in [2.45, 2.75) is 31.8 Å². The number of hydrogen-bond acceptors (Lipinski definition) is 3. The molecule has 0 radical (unpaired) electrons. The van der Waals surface area contributed by atoms with Crippen LogP contribution in [0.2, 0.25) is 10.0 Å². The second kappa shape index (κ2) is 7.68. The number of rotatable bonds is 4. The number of ether oxygens (including phenoxy) is 1. The Kier molecular flexibility index (Phi) is 6.18. The predicted molar refractivity (Wildman–Crippen MR) is 89.6 cm³/mol. The molecule has 1 aliphatic rings. The Labute approximate surface area is 137 Å². The van der Waals surface area contributed by atoms with Crippen LogP contribution in [0.15, 0.2) is 12.1 Å². The minimum atomic E-state index is 0.584. The SMILES string of the molecule is COc1c(Cl)cc(Cl)cc1CN1CCC[C@H](N(C)C)CC1. The zero-order chi connectivity index (χ0) is 15.4. The van der Waals surface area contributed by atoms with E-state index in [2.05, 4.69) is 23.9 Å². The molecule has 2 rings (SSSR count). The molecule has 1 aromatic carbocycles. The Morgan fingerprint density at radius 2 is 2.00 bits per heavy atom. The van der Waals surface area contributed by atoms with E-state index in [-0.39, 0.29) is 0 Å². The maximum Gasteiger partial charge on any atom is 0.142 e. The van der Waals surface area contributed by atoms with Gasteiger partial charge in [-0.15, -0.1) is 0 Å². The fourth-order valence-corrected chi connectivity index (χ4v) is 3.63. The number of halogens is 2. The Morgan fingerprint density at radius 1 is 1.24 bits per heavy atom.